The summed E-state index contributed by atoms with van der Waals surface area (Å²) in [6.07, 6.45) is -5.39. The highest BCUT2D eigenvalue weighted by molar-refractivity contribution is 9.10. The van der Waals surface area contributed by atoms with Crippen LogP contribution < -0.4 is 4.74 Å². The zero-order valence-corrected chi connectivity index (χ0v) is 11.8. The average Bonchev–Trinajstić information content (AvgIpc) is 2.17. The smallest absolute Gasteiger partial charge is 0.392 e. The third-order valence-electron chi connectivity index (χ3n) is 1.83. The second kappa shape index (κ2) is 5.66. The molecule has 1 aromatic carbocycles. The van der Waals surface area contributed by atoms with Crippen molar-refractivity contribution < 1.29 is 26.3 Å². The van der Waals surface area contributed by atoms with Crippen LogP contribution in [0.4, 0.5) is 13.2 Å². The summed E-state index contributed by atoms with van der Waals surface area (Å²) in [7, 11) is 1.23. The molecule has 102 valence electrons. The van der Waals surface area contributed by atoms with E-state index in [2.05, 4.69) is 15.9 Å². The Bertz CT molecular complexity index is 530. The van der Waals surface area contributed by atoms with Crippen molar-refractivity contribution in [2.45, 2.75) is 17.5 Å². The molecular formula is C9H7BrClF3O3S. The standard InChI is InChI=1S/C9H7BrClF3O3S/c10-7-5-6(18(11,15)16)1-2-8(7)17-4-3-9(12,13)14/h1-2,5H,3-4H2. The molecule has 9 heteroatoms. The molecule has 1 rings (SSSR count). The Morgan fingerprint density at radius 3 is 2.39 bits per heavy atom. The molecule has 0 saturated heterocycles. The largest absolute Gasteiger partial charge is 0.492 e. The first kappa shape index (κ1) is 15.6. The van der Waals surface area contributed by atoms with Gasteiger partial charge in [0.2, 0.25) is 0 Å². The van der Waals surface area contributed by atoms with Crippen molar-refractivity contribution in [3.63, 3.8) is 0 Å². The second-order valence-corrected chi connectivity index (χ2v) is 6.66. The van der Waals surface area contributed by atoms with Crippen LogP contribution in [0.5, 0.6) is 5.75 Å². The van der Waals surface area contributed by atoms with Gasteiger partial charge >= 0.3 is 6.18 Å². The molecule has 0 radical (unpaired) electrons. The maximum Gasteiger partial charge on any atom is 0.392 e. The number of benzene rings is 1. The molecule has 0 heterocycles. The predicted molar refractivity (Wildman–Crippen MR) is 63.3 cm³/mol. The molecule has 0 bridgehead atoms. The van der Waals surface area contributed by atoms with Crippen LogP contribution in [-0.2, 0) is 9.05 Å². The Hall–Kier alpha value is -0.470. The molecule has 3 nitrogen and oxygen atoms in total. The van der Waals surface area contributed by atoms with Gasteiger partial charge in [-0.3, -0.25) is 0 Å². The molecule has 0 aliphatic rings. The molecule has 0 N–H and O–H groups in total. The summed E-state index contributed by atoms with van der Waals surface area (Å²) in [6.45, 7) is -0.547. The van der Waals surface area contributed by atoms with Crippen LogP contribution in [0.3, 0.4) is 0 Å². The minimum Gasteiger partial charge on any atom is -0.492 e. The fourth-order valence-electron chi connectivity index (χ4n) is 1.03. The van der Waals surface area contributed by atoms with Gasteiger partial charge in [0.25, 0.3) is 9.05 Å². The molecule has 1 aromatic rings. The van der Waals surface area contributed by atoms with E-state index in [9.17, 15) is 21.6 Å². The summed E-state index contributed by atoms with van der Waals surface area (Å²) in [5, 5.41) is 0. The van der Waals surface area contributed by atoms with Gasteiger partial charge in [-0.15, -0.1) is 0 Å². The van der Waals surface area contributed by atoms with Crippen molar-refractivity contribution in [2.24, 2.45) is 0 Å². The Morgan fingerprint density at radius 1 is 1.33 bits per heavy atom. The maximum atomic E-state index is 11.9. The summed E-state index contributed by atoms with van der Waals surface area (Å²) in [5.41, 5.74) is 0. The molecule has 0 saturated carbocycles. The van der Waals surface area contributed by atoms with E-state index in [1.54, 1.807) is 0 Å². The molecule has 0 aliphatic heterocycles. The van der Waals surface area contributed by atoms with Crippen LogP contribution >= 0.6 is 26.6 Å². The van der Waals surface area contributed by atoms with Crippen molar-refractivity contribution in [3.05, 3.63) is 22.7 Å². The van der Waals surface area contributed by atoms with E-state index in [1.165, 1.54) is 6.07 Å². The Labute approximate surface area is 114 Å². The lowest BCUT2D eigenvalue weighted by Gasteiger charge is -2.10. The molecule has 0 aliphatic carbocycles. The first-order valence-electron chi connectivity index (χ1n) is 4.53. The molecular weight excluding hydrogens is 361 g/mol. The average molecular weight is 368 g/mol. The number of halogens is 5. The quantitative estimate of drug-likeness (QED) is 0.762. The monoisotopic (exact) mass is 366 g/mol. The molecule has 0 spiro atoms. The maximum absolute atomic E-state index is 11.9. The third-order valence-corrected chi connectivity index (χ3v) is 3.80. The zero-order valence-electron chi connectivity index (χ0n) is 8.67. The molecule has 0 aromatic heterocycles. The van der Waals surface area contributed by atoms with Gasteiger partial charge in [0.05, 0.1) is 22.4 Å². The van der Waals surface area contributed by atoms with Gasteiger partial charge in [-0.25, -0.2) is 8.42 Å². The Balaban J connectivity index is 2.75. The number of ether oxygens (including phenoxy) is 1. The molecule has 0 unspecified atom stereocenters. The summed E-state index contributed by atoms with van der Waals surface area (Å²) in [4.78, 5) is -0.167. The normalized spacial score (nSPS) is 12.5. The van der Waals surface area contributed by atoms with Crippen LogP contribution in [0.2, 0.25) is 0 Å². The van der Waals surface area contributed by atoms with Gasteiger partial charge < -0.3 is 4.74 Å². The van der Waals surface area contributed by atoms with E-state index in [1.807, 2.05) is 0 Å². The Kier molecular flexibility index (Phi) is 4.90. The highest BCUT2D eigenvalue weighted by Gasteiger charge is 2.27. The molecule has 18 heavy (non-hydrogen) atoms. The van der Waals surface area contributed by atoms with E-state index in [0.29, 0.717) is 0 Å². The SMILES string of the molecule is O=S(=O)(Cl)c1ccc(OCCC(F)(F)F)c(Br)c1. The van der Waals surface area contributed by atoms with Crippen molar-refractivity contribution >= 4 is 35.7 Å². The van der Waals surface area contributed by atoms with Gasteiger partial charge in [0.15, 0.2) is 0 Å². The summed E-state index contributed by atoms with van der Waals surface area (Å²) < 4.78 is 62.8. The van der Waals surface area contributed by atoms with E-state index in [4.69, 9.17) is 15.4 Å². The van der Waals surface area contributed by atoms with Crippen LogP contribution in [0.15, 0.2) is 27.6 Å². The van der Waals surface area contributed by atoms with Gasteiger partial charge in [-0.1, -0.05) is 0 Å². The first-order valence-corrected chi connectivity index (χ1v) is 7.63. The van der Waals surface area contributed by atoms with Crippen molar-refractivity contribution in [1.82, 2.24) is 0 Å². The van der Waals surface area contributed by atoms with Crippen molar-refractivity contribution in [2.75, 3.05) is 6.61 Å². The summed E-state index contributed by atoms with van der Waals surface area (Å²) >= 11 is 2.99. The lowest BCUT2D eigenvalue weighted by molar-refractivity contribution is -0.139. The Morgan fingerprint density at radius 2 is 1.94 bits per heavy atom. The summed E-state index contributed by atoms with van der Waals surface area (Å²) in [6, 6.07) is 3.54. The van der Waals surface area contributed by atoms with E-state index in [0.717, 1.165) is 12.1 Å². The number of hydrogen-bond donors (Lipinski definition) is 0. The fraction of sp³-hybridized carbons (Fsp3) is 0.333. The van der Waals surface area contributed by atoms with Gasteiger partial charge in [-0.2, -0.15) is 13.2 Å². The first-order chi connectivity index (χ1) is 8.09. The van der Waals surface area contributed by atoms with Crippen LogP contribution in [0.25, 0.3) is 0 Å². The highest BCUT2D eigenvalue weighted by Crippen LogP contribution is 2.30. The van der Waals surface area contributed by atoms with E-state index >= 15 is 0 Å². The fourth-order valence-corrected chi connectivity index (χ4v) is 2.45. The number of hydrogen-bond acceptors (Lipinski definition) is 3. The molecule has 0 amide bonds. The zero-order chi connectivity index (χ0) is 14.0. The van der Waals surface area contributed by atoms with Crippen LogP contribution in [0.1, 0.15) is 6.42 Å². The van der Waals surface area contributed by atoms with E-state index < -0.39 is 28.3 Å². The lowest BCUT2D eigenvalue weighted by atomic mass is 10.3. The second-order valence-electron chi connectivity index (χ2n) is 3.24. The number of rotatable bonds is 4. The van der Waals surface area contributed by atoms with Crippen molar-refractivity contribution in [3.8, 4) is 5.75 Å². The van der Waals surface area contributed by atoms with Crippen molar-refractivity contribution in [1.29, 1.82) is 0 Å². The van der Waals surface area contributed by atoms with Gasteiger partial charge in [0, 0.05) is 10.7 Å². The third kappa shape index (κ3) is 5.03. The lowest BCUT2D eigenvalue weighted by Crippen LogP contribution is -2.13. The topological polar surface area (TPSA) is 43.4 Å². The number of alkyl halides is 3. The highest BCUT2D eigenvalue weighted by atomic mass is 79.9. The molecule has 0 atom stereocenters. The minimum atomic E-state index is -4.30. The van der Waals surface area contributed by atoms with Gasteiger partial charge in [-0.05, 0) is 34.1 Å². The van der Waals surface area contributed by atoms with E-state index in [-0.39, 0.29) is 15.1 Å². The predicted octanol–water partition coefficient (Wildman–Crippen LogP) is 3.71. The van der Waals surface area contributed by atoms with Gasteiger partial charge in [0.1, 0.15) is 5.75 Å². The van der Waals surface area contributed by atoms with Crippen LogP contribution in [-0.4, -0.2) is 21.2 Å². The van der Waals surface area contributed by atoms with Crippen LogP contribution in [0, 0.1) is 0 Å². The summed E-state index contributed by atoms with van der Waals surface area (Å²) in [5.74, 6) is 0.114. The molecule has 0 fully saturated rings. The minimum absolute atomic E-state index is 0.114.